The van der Waals surface area contributed by atoms with E-state index in [1.807, 2.05) is 32.0 Å². The largest absolute Gasteiger partial charge is 0.479 e. The van der Waals surface area contributed by atoms with Crippen molar-refractivity contribution in [3.05, 3.63) is 71.0 Å². The number of ether oxygens (including phenoxy) is 1. The maximum atomic E-state index is 12.9. The van der Waals surface area contributed by atoms with Crippen LogP contribution in [-0.4, -0.2) is 22.3 Å². The summed E-state index contributed by atoms with van der Waals surface area (Å²) in [4.78, 5) is 12.9. The summed E-state index contributed by atoms with van der Waals surface area (Å²) in [6.07, 6.45) is 1.56. The summed E-state index contributed by atoms with van der Waals surface area (Å²) in [6, 6.07) is 16.1. The Balaban J connectivity index is 1.88. The normalized spacial score (nSPS) is 10.5. The van der Waals surface area contributed by atoms with Gasteiger partial charge >= 0.3 is 0 Å². The van der Waals surface area contributed by atoms with Gasteiger partial charge in [0.1, 0.15) is 11.8 Å². The number of carbonyl (C=O) groups excluding carboxylic acids is 1. The average Bonchev–Trinajstić information content (AvgIpc) is 3.13. The highest BCUT2D eigenvalue weighted by Gasteiger charge is 2.21. The molecule has 0 aliphatic carbocycles. The van der Waals surface area contributed by atoms with Gasteiger partial charge < -0.3 is 10.1 Å². The Labute approximate surface area is 168 Å². The Morgan fingerprint density at radius 1 is 1.29 bits per heavy atom. The van der Waals surface area contributed by atoms with Crippen molar-refractivity contribution < 1.29 is 9.53 Å². The van der Waals surface area contributed by atoms with Gasteiger partial charge in [-0.25, -0.2) is 4.68 Å². The minimum Gasteiger partial charge on any atom is -0.479 e. The molecule has 142 valence electrons. The minimum absolute atomic E-state index is 0.0528. The Kier molecular flexibility index (Phi) is 5.97. The van der Waals surface area contributed by atoms with E-state index in [1.54, 1.807) is 47.3 Å². The molecule has 0 spiro atoms. The lowest BCUT2D eigenvalue weighted by Crippen LogP contribution is -2.15. The molecule has 7 heteroatoms. The Bertz CT molecular complexity index is 1020. The Hall–Kier alpha value is -3.30. The van der Waals surface area contributed by atoms with Crippen LogP contribution in [0.15, 0.2) is 54.7 Å². The van der Waals surface area contributed by atoms with E-state index < -0.39 is 0 Å². The molecule has 1 aromatic heterocycles. The third kappa shape index (κ3) is 4.33. The molecular formula is C21H19ClN4O2. The number of hydrogen-bond acceptors (Lipinski definition) is 4. The number of nitrogens with one attached hydrogen (secondary N) is 1. The predicted octanol–water partition coefficient (Wildman–Crippen LogP) is 4.80. The summed E-state index contributed by atoms with van der Waals surface area (Å²) in [5.41, 5.74) is 2.71. The number of hydrogen-bond donors (Lipinski definition) is 1. The zero-order valence-corrected chi connectivity index (χ0v) is 16.3. The van der Waals surface area contributed by atoms with Crippen LogP contribution in [0.2, 0.25) is 5.02 Å². The van der Waals surface area contributed by atoms with E-state index in [9.17, 15) is 4.79 Å². The van der Waals surface area contributed by atoms with Gasteiger partial charge in [-0.1, -0.05) is 31.5 Å². The predicted molar refractivity (Wildman–Crippen MR) is 108 cm³/mol. The van der Waals surface area contributed by atoms with Crippen LogP contribution in [0.25, 0.3) is 5.69 Å². The summed E-state index contributed by atoms with van der Waals surface area (Å²) >= 11 is 5.97. The molecule has 6 nitrogen and oxygen atoms in total. The van der Waals surface area contributed by atoms with Crippen LogP contribution in [-0.2, 0) is 0 Å². The maximum absolute atomic E-state index is 12.9. The van der Waals surface area contributed by atoms with E-state index in [0.717, 1.165) is 11.4 Å². The van der Waals surface area contributed by atoms with Gasteiger partial charge in [0.25, 0.3) is 5.91 Å². The van der Waals surface area contributed by atoms with E-state index in [0.29, 0.717) is 22.0 Å². The van der Waals surface area contributed by atoms with Gasteiger partial charge in [-0.2, -0.15) is 10.4 Å². The summed E-state index contributed by atoms with van der Waals surface area (Å²) in [5.74, 6) is 0.325. The number of anilines is 1. The van der Waals surface area contributed by atoms with Crippen molar-refractivity contribution in [3.8, 4) is 17.5 Å². The molecular weight excluding hydrogens is 376 g/mol. The average molecular weight is 395 g/mol. The minimum atomic E-state index is -0.263. The molecule has 0 atom stereocenters. The van der Waals surface area contributed by atoms with Crippen molar-refractivity contribution in [3.63, 3.8) is 0 Å². The molecule has 3 rings (SSSR count). The highest BCUT2D eigenvalue weighted by Crippen LogP contribution is 2.25. The molecule has 0 unspecified atom stereocenters. The van der Waals surface area contributed by atoms with Gasteiger partial charge in [-0.3, -0.25) is 4.79 Å². The number of benzene rings is 2. The highest BCUT2D eigenvalue weighted by molar-refractivity contribution is 6.30. The molecule has 0 fully saturated rings. The number of halogens is 1. The molecule has 0 aliphatic rings. The lowest BCUT2D eigenvalue weighted by atomic mass is 10.0. The molecule has 1 N–H and O–H groups in total. The van der Waals surface area contributed by atoms with Crippen LogP contribution >= 0.6 is 11.6 Å². The van der Waals surface area contributed by atoms with Gasteiger partial charge in [0.2, 0.25) is 0 Å². The topological polar surface area (TPSA) is 79.9 Å². The molecule has 28 heavy (non-hydrogen) atoms. The summed E-state index contributed by atoms with van der Waals surface area (Å²) in [5, 5.41) is 16.5. The number of amides is 1. The number of nitrogens with zero attached hydrogens (tertiary/aromatic N) is 3. The smallest absolute Gasteiger partial charge is 0.259 e. The monoisotopic (exact) mass is 394 g/mol. The molecule has 0 saturated heterocycles. The van der Waals surface area contributed by atoms with Crippen molar-refractivity contribution in [1.82, 2.24) is 9.78 Å². The standard InChI is InChI=1S/C21H19ClN4O2/c1-14(2)20-19(13-24-26(20)17-8-6-15(22)7-9-17)21(27)25-16-4-3-5-18(12-16)28-11-10-23/h3-9,12-14H,11H2,1-2H3,(H,25,27). The Morgan fingerprint density at radius 2 is 2.04 bits per heavy atom. The first-order valence-corrected chi connectivity index (χ1v) is 9.12. The quantitative estimate of drug-likeness (QED) is 0.651. The van der Waals surface area contributed by atoms with E-state index >= 15 is 0 Å². The van der Waals surface area contributed by atoms with Crippen LogP contribution < -0.4 is 10.1 Å². The first-order chi connectivity index (χ1) is 13.5. The van der Waals surface area contributed by atoms with E-state index in [1.165, 1.54) is 0 Å². The third-order valence-electron chi connectivity index (χ3n) is 4.06. The zero-order chi connectivity index (χ0) is 20.1. The Morgan fingerprint density at radius 3 is 2.71 bits per heavy atom. The molecule has 1 amide bonds. The fourth-order valence-electron chi connectivity index (χ4n) is 2.85. The van der Waals surface area contributed by atoms with Gasteiger partial charge in [0.15, 0.2) is 6.61 Å². The molecule has 0 saturated carbocycles. The number of carbonyl (C=O) groups is 1. The number of nitriles is 1. The lowest BCUT2D eigenvalue weighted by molar-refractivity contribution is 0.102. The first kappa shape index (κ1) is 19.5. The number of rotatable bonds is 6. The summed E-state index contributed by atoms with van der Waals surface area (Å²) in [6.45, 7) is 3.97. The van der Waals surface area contributed by atoms with Gasteiger partial charge in [-0.05, 0) is 42.3 Å². The van der Waals surface area contributed by atoms with Crippen molar-refractivity contribution in [2.45, 2.75) is 19.8 Å². The van der Waals surface area contributed by atoms with E-state index in [2.05, 4.69) is 10.4 Å². The lowest BCUT2D eigenvalue weighted by Gasteiger charge is -2.13. The van der Waals surface area contributed by atoms with Gasteiger partial charge in [-0.15, -0.1) is 0 Å². The van der Waals surface area contributed by atoms with E-state index in [-0.39, 0.29) is 18.4 Å². The zero-order valence-electron chi connectivity index (χ0n) is 15.5. The van der Waals surface area contributed by atoms with Crippen molar-refractivity contribution in [2.24, 2.45) is 0 Å². The molecule has 1 heterocycles. The number of aromatic nitrogens is 2. The van der Waals surface area contributed by atoms with Crippen molar-refractivity contribution in [1.29, 1.82) is 5.26 Å². The second kappa shape index (κ2) is 8.59. The highest BCUT2D eigenvalue weighted by atomic mass is 35.5. The van der Waals surface area contributed by atoms with Crippen LogP contribution in [0.3, 0.4) is 0 Å². The second-order valence-electron chi connectivity index (χ2n) is 6.42. The van der Waals surface area contributed by atoms with Crippen LogP contribution in [0.1, 0.15) is 35.8 Å². The second-order valence-corrected chi connectivity index (χ2v) is 6.85. The molecule has 0 bridgehead atoms. The summed E-state index contributed by atoms with van der Waals surface area (Å²) in [7, 11) is 0. The molecule has 3 aromatic rings. The van der Waals surface area contributed by atoms with Crippen LogP contribution in [0.5, 0.6) is 5.75 Å². The fourth-order valence-corrected chi connectivity index (χ4v) is 2.98. The maximum Gasteiger partial charge on any atom is 0.259 e. The molecule has 0 radical (unpaired) electrons. The van der Waals surface area contributed by atoms with E-state index in [4.69, 9.17) is 21.6 Å². The first-order valence-electron chi connectivity index (χ1n) is 8.74. The third-order valence-corrected chi connectivity index (χ3v) is 4.32. The van der Waals surface area contributed by atoms with Crippen molar-refractivity contribution in [2.75, 3.05) is 11.9 Å². The van der Waals surface area contributed by atoms with Crippen LogP contribution in [0.4, 0.5) is 5.69 Å². The van der Waals surface area contributed by atoms with Gasteiger partial charge in [0, 0.05) is 16.8 Å². The molecule has 0 aliphatic heterocycles. The fraction of sp³-hybridized carbons (Fsp3) is 0.190. The SMILES string of the molecule is CC(C)c1c(C(=O)Nc2cccc(OCC#N)c2)cnn1-c1ccc(Cl)cc1. The summed E-state index contributed by atoms with van der Waals surface area (Å²) < 4.78 is 7.03. The van der Waals surface area contributed by atoms with Crippen molar-refractivity contribution >= 4 is 23.2 Å². The van der Waals surface area contributed by atoms with Gasteiger partial charge in [0.05, 0.1) is 23.1 Å². The van der Waals surface area contributed by atoms with Crippen LogP contribution in [0, 0.1) is 11.3 Å². The molecule has 2 aromatic carbocycles.